The quantitative estimate of drug-likeness (QED) is 0.825. The largest absolute Gasteiger partial charge is 0.354 e. The fraction of sp³-hybridized carbons (Fsp3) is 0.438. The van der Waals surface area contributed by atoms with E-state index in [2.05, 4.69) is 53.2 Å². The first kappa shape index (κ1) is 13.8. The number of aryl methyl sites for hydroxylation is 2. The lowest BCUT2D eigenvalue weighted by Crippen LogP contribution is -2.19. The van der Waals surface area contributed by atoms with Crippen LogP contribution in [0.1, 0.15) is 37.4 Å². The van der Waals surface area contributed by atoms with E-state index in [0.717, 1.165) is 25.9 Å². The Labute approximate surface area is 115 Å². The standard InChI is InChI=1S/C16H23N3/c1-3-16(18-4-2)15-8-11-19(13-15)10-7-14-6-5-9-17-12-14/h5-6,8-9,11-13,16,18H,3-4,7,10H2,1-2H3. The third-order valence-electron chi connectivity index (χ3n) is 3.42. The molecule has 2 aromatic heterocycles. The molecule has 3 heteroatoms. The van der Waals surface area contributed by atoms with Crippen LogP contribution in [0, 0.1) is 0 Å². The van der Waals surface area contributed by atoms with Crippen molar-refractivity contribution in [2.75, 3.05) is 6.54 Å². The Morgan fingerprint density at radius 3 is 2.89 bits per heavy atom. The summed E-state index contributed by atoms with van der Waals surface area (Å²) in [5, 5.41) is 3.51. The van der Waals surface area contributed by atoms with E-state index in [4.69, 9.17) is 0 Å². The number of hydrogen-bond acceptors (Lipinski definition) is 2. The van der Waals surface area contributed by atoms with Crippen molar-refractivity contribution < 1.29 is 0 Å². The minimum Gasteiger partial charge on any atom is -0.354 e. The molecule has 0 spiro atoms. The van der Waals surface area contributed by atoms with Gasteiger partial charge in [0.25, 0.3) is 0 Å². The number of rotatable bonds is 7. The van der Waals surface area contributed by atoms with E-state index >= 15 is 0 Å². The Morgan fingerprint density at radius 1 is 1.32 bits per heavy atom. The van der Waals surface area contributed by atoms with Crippen molar-refractivity contribution in [3.63, 3.8) is 0 Å². The molecule has 0 aromatic carbocycles. The first-order valence-electron chi connectivity index (χ1n) is 7.11. The maximum atomic E-state index is 4.15. The van der Waals surface area contributed by atoms with E-state index in [1.54, 1.807) is 0 Å². The van der Waals surface area contributed by atoms with Crippen molar-refractivity contribution in [2.24, 2.45) is 0 Å². The number of pyridine rings is 1. The predicted octanol–water partition coefficient (Wildman–Crippen LogP) is 3.19. The zero-order valence-electron chi connectivity index (χ0n) is 11.8. The Balaban J connectivity index is 1.93. The van der Waals surface area contributed by atoms with Gasteiger partial charge in [0.1, 0.15) is 0 Å². The summed E-state index contributed by atoms with van der Waals surface area (Å²) < 4.78 is 2.27. The lowest BCUT2D eigenvalue weighted by Gasteiger charge is -2.13. The summed E-state index contributed by atoms with van der Waals surface area (Å²) in [6.07, 6.45) is 10.3. The molecule has 19 heavy (non-hydrogen) atoms. The van der Waals surface area contributed by atoms with Gasteiger partial charge in [-0.05, 0) is 42.6 Å². The van der Waals surface area contributed by atoms with Crippen LogP contribution in [0.2, 0.25) is 0 Å². The van der Waals surface area contributed by atoms with Crippen molar-refractivity contribution in [1.29, 1.82) is 0 Å². The van der Waals surface area contributed by atoms with Crippen LogP contribution in [0.5, 0.6) is 0 Å². The minimum atomic E-state index is 0.477. The number of hydrogen-bond donors (Lipinski definition) is 1. The van der Waals surface area contributed by atoms with Gasteiger partial charge in [0, 0.05) is 37.4 Å². The second-order valence-corrected chi connectivity index (χ2v) is 4.81. The van der Waals surface area contributed by atoms with Crippen molar-refractivity contribution in [1.82, 2.24) is 14.9 Å². The summed E-state index contributed by atoms with van der Waals surface area (Å²) in [4.78, 5) is 4.15. The molecule has 0 amide bonds. The van der Waals surface area contributed by atoms with E-state index in [0.29, 0.717) is 6.04 Å². The summed E-state index contributed by atoms with van der Waals surface area (Å²) in [7, 11) is 0. The molecule has 2 aromatic rings. The SMILES string of the molecule is CCNC(CC)c1ccn(CCc2cccnc2)c1. The molecule has 0 saturated heterocycles. The summed E-state index contributed by atoms with van der Waals surface area (Å²) in [6, 6.07) is 6.82. The van der Waals surface area contributed by atoms with Crippen molar-refractivity contribution in [3.8, 4) is 0 Å². The minimum absolute atomic E-state index is 0.477. The summed E-state index contributed by atoms with van der Waals surface area (Å²) in [6.45, 7) is 6.40. The highest BCUT2D eigenvalue weighted by Crippen LogP contribution is 2.17. The first-order chi connectivity index (χ1) is 9.33. The predicted molar refractivity (Wildman–Crippen MR) is 79.1 cm³/mol. The normalized spacial score (nSPS) is 12.5. The average Bonchev–Trinajstić information content (AvgIpc) is 2.92. The van der Waals surface area contributed by atoms with Gasteiger partial charge in [-0.15, -0.1) is 0 Å². The molecule has 102 valence electrons. The van der Waals surface area contributed by atoms with E-state index in [9.17, 15) is 0 Å². The van der Waals surface area contributed by atoms with Gasteiger partial charge in [-0.3, -0.25) is 4.98 Å². The topological polar surface area (TPSA) is 29.9 Å². The van der Waals surface area contributed by atoms with Gasteiger partial charge in [-0.1, -0.05) is 19.9 Å². The lowest BCUT2D eigenvalue weighted by molar-refractivity contribution is 0.535. The smallest absolute Gasteiger partial charge is 0.0332 e. The molecule has 0 fully saturated rings. The van der Waals surface area contributed by atoms with Crippen LogP contribution in [0.3, 0.4) is 0 Å². The molecule has 3 nitrogen and oxygen atoms in total. The van der Waals surface area contributed by atoms with Crippen molar-refractivity contribution in [2.45, 2.75) is 39.3 Å². The van der Waals surface area contributed by atoms with Gasteiger partial charge in [0.2, 0.25) is 0 Å². The highest BCUT2D eigenvalue weighted by atomic mass is 15.0. The lowest BCUT2D eigenvalue weighted by atomic mass is 10.1. The van der Waals surface area contributed by atoms with Crippen LogP contribution in [0.4, 0.5) is 0 Å². The molecule has 0 bridgehead atoms. The van der Waals surface area contributed by atoms with Gasteiger partial charge in [-0.25, -0.2) is 0 Å². The Kier molecular flexibility index (Phi) is 5.16. The van der Waals surface area contributed by atoms with Gasteiger partial charge in [0.05, 0.1) is 0 Å². The third kappa shape index (κ3) is 3.93. The van der Waals surface area contributed by atoms with E-state index in [1.807, 2.05) is 18.5 Å². The molecule has 1 atom stereocenters. The van der Waals surface area contributed by atoms with Crippen molar-refractivity contribution >= 4 is 0 Å². The highest BCUT2D eigenvalue weighted by molar-refractivity contribution is 5.16. The second-order valence-electron chi connectivity index (χ2n) is 4.81. The molecule has 1 unspecified atom stereocenters. The molecule has 0 aliphatic heterocycles. The van der Waals surface area contributed by atoms with Gasteiger partial charge in [-0.2, -0.15) is 0 Å². The average molecular weight is 257 g/mol. The van der Waals surface area contributed by atoms with Crippen LogP contribution in [0.25, 0.3) is 0 Å². The molecule has 0 radical (unpaired) electrons. The maximum Gasteiger partial charge on any atom is 0.0332 e. The molecule has 2 heterocycles. The van der Waals surface area contributed by atoms with Gasteiger partial charge >= 0.3 is 0 Å². The molecule has 0 saturated carbocycles. The number of nitrogens with zero attached hydrogens (tertiary/aromatic N) is 2. The van der Waals surface area contributed by atoms with Crippen LogP contribution in [-0.2, 0) is 13.0 Å². The fourth-order valence-electron chi connectivity index (χ4n) is 2.35. The van der Waals surface area contributed by atoms with E-state index in [1.165, 1.54) is 11.1 Å². The monoisotopic (exact) mass is 257 g/mol. The first-order valence-corrected chi connectivity index (χ1v) is 7.11. The zero-order chi connectivity index (χ0) is 13.5. The second kappa shape index (κ2) is 7.10. The Morgan fingerprint density at radius 2 is 2.21 bits per heavy atom. The van der Waals surface area contributed by atoms with Crippen LogP contribution in [0.15, 0.2) is 43.0 Å². The van der Waals surface area contributed by atoms with Crippen LogP contribution in [-0.4, -0.2) is 16.1 Å². The summed E-state index contributed by atoms with van der Waals surface area (Å²) in [5.74, 6) is 0. The summed E-state index contributed by atoms with van der Waals surface area (Å²) in [5.41, 5.74) is 2.67. The molecule has 2 rings (SSSR count). The van der Waals surface area contributed by atoms with E-state index < -0.39 is 0 Å². The molecular weight excluding hydrogens is 234 g/mol. The van der Waals surface area contributed by atoms with Gasteiger partial charge < -0.3 is 9.88 Å². The highest BCUT2D eigenvalue weighted by Gasteiger charge is 2.08. The van der Waals surface area contributed by atoms with Crippen LogP contribution < -0.4 is 5.32 Å². The molecule has 0 aliphatic carbocycles. The summed E-state index contributed by atoms with van der Waals surface area (Å²) >= 11 is 0. The Hall–Kier alpha value is -1.61. The fourth-order valence-corrected chi connectivity index (χ4v) is 2.35. The third-order valence-corrected chi connectivity index (χ3v) is 3.42. The zero-order valence-corrected chi connectivity index (χ0v) is 11.8. The van der Waals surface area contributed by atoms with E-state index in [-0.39, 0.29) is 0 Å². The number of nitrogens with one attached hydrogen (secondary N) is 1. The molecular formula is C16H23N3. The Bertz CT molecular complexity index is 476. The number of aromatic nitrogens is 2. The molecule has 0 aliphatic rings. The molecule has 1 N–H and O–H groups in total. The van der Waals surface area contributed by atoms with Crippen molar-refractivity contribution in [3.05, 3.63) is 54.1 Å². The van der Waals surface area contributed by atoms with Gasteiger partial charge in [0.15, 0.2) is 0 Å². The van der Waals surface area contributed by atoms with Crippen LogP contribution >= 0.6 is 0 Å². The maximum absolute atomic E-state index is 4.15.